The van der Waals surface area contributed by atoms with Crippen LogP contribution in [0.1, 0.15) is 17.5 Å². The number of hydrogen-bond donors (Lipinski definition) is 1. The van der Waals surface area contributed by atoms with Gasteiger partial charge in [0.15, 0.2) is 0 Å². The van der Waals surface area contributed by atoms with Gasteiger partial charge in [-0.05, 0) is 47.0 Å². The molecule has 5 nitrogen and oxygen atoms in total. The first-order valence-electron chi connectivity index (χ1n) is 9.92. The highest BCUT2D eigenvalue weighted by Gasteiger charge is 2.12. The van der Waals surface area contributed by atoms with E-state index in [2.05, 4.69) is 27.4 Å². The molecule has 0 unspecified atom stereocenters. The van der Waals surface area contributed by atoms with Gasteiger partial charge in [-0.1, -0.05) is 36.4 Å². The second-order valence-corrected chi connectivity index (χ2v) is 6.99. The Kier molecular flexibility index (Phi) is 5.99. The van der Waals surface area contributed by atoms with Crippen LogP contribution in [0.5, 0.6) is 5.75 Å². The Morgan fingerprint density at radius 3 is 2.63 bits per heavy atom. The van der Waals surface area contributed by atoms with Crippen molar-refractivity contribution in [2.24, 2.45) is 0 Å². The summed E-state index contributed by atoms with van der Waals surface area (Å²) in [5, 5.41) is 5.30. The monoisotopic (exact) mass is 397 g/mol. The Morgan fingerprint density at radius 1 is 0.967 bits per heavy atom. The van der Waals surface area contributed by atoms with Gasteiger partial charge in [0, 0.05) is 42.7 Å². The zero-order valence-electron chi connectivity index (χ0n) is 16.8. The van der Waals surface area contributed by atoms with E-state index in [1.165, 1.54) is 0 Å². The molecule has 0 aliphatic carbocycles. The summed E-state index contributed by atoms with van der Waals surface area (Å²) in [6, 6.07) is 19.9. The highest BCUT2D eigenvalue weighted by Crippen LogP contribution is 2.29. The first-order chi connectivity index (χ1) is 14.8. The molecule has 0 fully saturated rings. The maximum absolute atomic E-state index is 12.6. The Morgan fingerprint density at radius 2 is 1.80 bits per heavy atom. The number of aryl methyl sites for hydroxylation is 1. The van der Waals surface area contributed by atoms with Crippen molar-refractivity contribution in [1.29, 1.82) is 0 Å². The van der Waals surface area contributed by atoms with Crippen molar-refractivity contribution in [2.45, 2.75) is 19.4 Å². The fourth-order valence-corrected chi connectivity index (χ4v) is 3.64. The van der Waals surface area contributed by atoms with Crippen LogP contribution in [-0.4, -0.2) is 23.0 Å². The first kappa shape index (κ1) is 19.6. The largest absolute Gasteiger partial charge is 0.496 e. The molecule has 0 saturated carbocycles. The van der Waals surface area contributed by atoms with Gasteiger partial charge in [-0.2, -0.15) is 0 Å². The third-order valence-electron chi connectivity index (χ3n) is 5.14. The van der Waals surface area contributed by atoms with Gasteiger partial charge in [-0.15, -0.1) is 0 Å². The lowest BCUT2D eigenvalue weighted by Gasteiger charge is -2.13. The highest BCUT2D eigenvalue weighted by molar-refractivity contribution is 5.88. The van der Waals surface area contributed by atoms with E-state index in [0.717, 1.165) is 38.9 Å². The third-order valence-corrected chi connectivity index (χ3v) is 5.14. The summed E-state index contributed by atoms with van der Waals surface area (Å²) in [5.74, 6) is 0.809. The average molecular weight is 397 g/mol. The second-order valence-electron chi connectivity index (χ2n) is 6.99. The number of amides is 1. The maximum atomic E-state index is 12.6. The number of fused-ring (bicyclic) bond motifs is 1. The normalized spacial score (nSPS) is 10.7. The van der Waals surface area contributed by atoms with E-state index >= 15 is 0 Å². The smallest absolute Gasteiger partial charge is 0.220 e. The number of benzene rings is 2. The molecule has 0 aliphatic rings. The Balaban J connectivity index is 1.45. The van der Waals surface area contributed by atoms with Crippen LogP contribution in [0, 0.1) is 0 Å². The molecule has 4 aromatic rings. The molecule has 0 saturated heterocycles. The van der Waals surface area contributed by atoms with Crippen LogP contribution >= 0.6 is 0 Å². The van der Waals surface area contributed by atoms with Gasteiger partial charge in [-0.25, -0.2) is 0 Å². The van der Waals surface area contributed by atoms with E-state index in [9.17, 15) is 4.79 Å². The minimum Gasteiger partial charge on any atom is -0.496 e. The molecule has 150 valence electrons. The molecule has 0 aliphatic heterocycles. The number of methoxy groups -OCH3 is 1. The molecular weight excluding hydrogens is 374 g/mol. The fraction of sp³-hybridized carbons (Fsp3) is 0.160. The predicted octanol–water partition coefficient (Wildman–Crippen LogP) is 4.55. The summed E-state index contributed by atoms with van der Waals surface area (Å²) in [6.45, 7) is 0.428. The molecule has 1 N–H and O–H groups in total. The number of rotatable bonds is 7. The molecule has 1 amide bonds. The van der Waals surface area contributed by atoms with Crippen LogP contribution in [-0.2, 0) is 17.8 Å². The van der Waals surface area contributed by atoms with Crippen molar-refractivity contribution in [3.63, 3.8) is 0 Å². The van der Waals surface area contributed by atoms with Crippen LogP contribution in [0.2, 0.25) is 0 Å². The minimum atomic E-state index is -0.00508. The van der Waals surface area contributed by atoms with Gasteiger partial charge in [0.25, 0.3) is 0 Å². The van der Waals surface area contributed by atoms with E-state index in [4.69, 9.17) is 4.74 Å². The van der Waals surface area contributed by atoms with Crippen molar-refractivity contribution in [3.8, 4) is 17.0 Å². The topological polar surface area (TPSA) is 64.1 Å². The van der Waals surface area contributed by atoms with Crippen molar-refractivity contribution in [1.82, 2.24) is 15.3 Å². The Labute approximate surface area is 175 Å². The minimum absolute atomic E-state index is 0.00508. The summed E-state index contributed by atoms with van der Waals surface area (Å²) in [6.07, 6.45) is 6.23. The summed E-state index contributed by atoms with van der Waals surface area (Å²) in [4.78, 5) is 21.1. The fourth-order valence-electron chi connectivity index (χ4n) is 3.64. The summed E-state index contributed by atoms with van der Waals surface area (Å²) in [5.41, 5.74) is 3.87. The quantitative estimate of drug-likeness (QED) is 0.497. The lowest BCUT2D eigenvalue weighted by molar-refractivity contribution is -0.121. The van der Waals surface area contributed by atoms with Gasteiger partial charge >= 0.3 is 0 Å². The van der Waals surface area contributed by atoms with Crippen LogP contribution in [0.15, 0.2) is 79.3 Å². The number of nitrogens with zero attached hydrogens (tertiary/aromatic N) is 2. The van der Waals surface area contributed by atoms with E-state index in [1.54, 1.807) is 25.7 Å². The highest BCUT2D eigenvalue weighted by atomic mass is 16.5. The maximum Gasteiger partial charge on any atom is 0.220 e. The SMILES string of the molecule is COc1ccc2ccccc2c1CCC(=O)NCc1cccnc1-c1ccncc1. The number of pyridine rings is 2. The molecule has 2 heterocycles. The zero-order valence-corrected chi connectivity index (χ0v) is 16.8. The number of carbonyl (C=O) groups is 1. The number of hydrogen-bond acceptors (Lipinski definition) is 4. The summed E-state index contributed by atoms with van der Waals surface area (Å²) < 4.78 is 5.53. The number of nitrogens with one attached hydrogen (secondary N) is 1. The van der Waals surface area contributed by atoms with Crippen molar-refractivity contribution < 1.29 is 9.53 Å². The molecule has 2 aromatic heterocycles. The number of aromatic nitrogens is 2. The van der Waals surface area contributed by atoms with E-state index in [-0.39, 0.29) is 5.91 Å². The van der Waals surface area contributed by atoms with Crippen LogP contribution in [0.4, 0.5) is 0 Å². The summed E-state index contributed by atoms with van der Waals surface area (Å²) >= 11 is 0. The van der Waals surface area contributed by atoms with Crippen LogP contribution in [0.25, 0.3) is 22.0 Å². The van der Waals surface area contributed by atoms with Gasteiger partial charge < -0.3 is 10.1 Å². The number of carbonyl (C=O) groups excluding carboxylic acids is 1. The average Bonchev–Trinajstić information content (AvgIpc) is 2.81. The van der Waals surface area contributed by atoms with Gasteiger partial charge in [0.1, 0.15) is 5.75 Å². The van der Waals surface area contributed by atoms with Gasteiger partial charge in [-0.3, -0.25) is 14.8 Å². The Hall–Kier alpha value is -3.73. The molecule has 30 heavy (non-hydrogen) atoms. The Bertz CT molecular complexity index is 1160. The molecule has 0 radical (unpaired) electrons. The molecule has 5 heteroatoms. The van der Waals surface area contributed by atoms with Crippen molar-refractivity contribution in [2.75, 3.05) is 7.11 Å². The zero-order chi connectivity index (χ0) is 20.8. The van der Waals surface area contributed by atoms with Gasteiger partial charge in [0.2, 0.25) is 5.91 Å². The van der Waals surface area contributed by atoms with Crippen LogP contribution in [0.3, 0.4) is 0 Å². The van der Waals surface area contributed by atoms with E-state index < -0.39 is 0 Å². The molecule has 4 rings (SSSR count). The number of ether oxygens (including phenoxy) is 1. The molecule has 0 atom stereocenters. The van der Waals surface area contributed by atoms with Gasteiger partial charge in [0.05, 0.1) is 12.8 Å². The van der Waals surface area contributed by atoms with E-state index in [1.807, 2.05) is 48.5 Å². The third kappa shape index (κ3) is 4.30. The lowest BCUT2D eigenvalue weighted by Crippen LogP contribution is -2.23. The molecule has 0 bridgehead atoms. The molecule has 0 spiro atoms. The van der Waals surface area contributed by atoms with Crippen molar-refractivity contribution >= 4 is 16.7 Å². The lowest BCUT2D eigenvalue weighted by atomic mass is 9.99. The second kappa shape index (κ2) is 9.18. The van der Waals surface area contributed by atoms with E-state index in [0.29, 0.717) is 19.4 Å². The molecular formula is C25H23N3O2. The predicted molar refractivity (Wildman–Crippen MR) is 118 cm³/mol. The first-order valence-corrected chi connectivity index (χ1v) is 9.92. The summed E-state index contributed by atoms with van der Waals surface area (Å²) in [7, 11) is 1.66. The van der Waals surface area contributed by atoms with Crippen molar-refractivity contribution in [3.05, 3.63) is 90.4 Å². The molecule has 2 aromatic carbocycles. The standard InChI is InChI=1S/C25H23N3O2/c1-30-23-10-8-18-5-2-3-7-21(18)22(23)9-11-24(29)28-17-20-6-4-14-27-25(20)19-12-15-26-16-13-19/h2-8,10,12-16H,9,11,17H2,1H3,(H,28,29). The van der Waals surface area contributed by atoms with Crippen LogP contribution < -0.4 is 10.1 Å².